The fourth-order valence-corrected chi connectivity index (χ4v) is 9.43. The predicted octanol–water partition coefficient (Wildman–Crippen LogP) is 12.3. The quantitative estimate of drug-likeness (QED) is 0.178. The van der Waals surface area contributed by atoms with Gasteiger partial charge in [-0.25, -0.2) is 0 Å². The van der Waals surface area contributed by atoms with Gasteiger partial charge in [-0.15, -0.1) is 0 Å². The van der Waals surface area contributed by atoms with Crippen molar-refractivity contribution in [1.29, 1.82) is 0 Å². The standard InChI is InChI=1S/C48H27N3/c1-2-10-28(11-3-1)37-27-31-26-30(31)20-24-40(37)49-38-14-6-4-13-33(38)35-23-25-43-45(47(35)49)36-22-19-29-18-21-34-32-12-5-7-15-39(32)50-41-16-8-9-17-42(41)51(43)48(36)44(29)46(34)50/h1-27H. The third-order valence-corrected chi connectivity index (χ3v) is 11.6. The van der Waals surface area contributed by atoms with Crippen molar-refractivity contribution in [2.24, 2.45) is 0 Å². The summed E-state index contributed by atoms with van der Waals surface area (Å²) in [5.74, 6) is 0. The van der Waals surface area contributed by atoms with Crippen LogP contribution in [0.4, 0.5) is 0 Å². The number of para-hydroxylation sites is 4. The van der Waals surface area contributed by atoms with Gasteiger partial charge in [0.05, 0.1) is 49.8 Å². The average molecular weight is 646 g/mol. The topological polar surface area (TPSA) is 13.8 Å². The molecule has 0 radical (unpaired) electrons. The van der Waals surface area contributed by atoms with Crippen molar-refractivity contribution in [3.05, 3.63) is 181 Å². The van der Waals surface area contributed by atoms with Gasteiger partial charge in [0.1, 0.15) is 0 Å². The lowest BCUT2D eigenvalue weighted by molar-refractivity contribution is 1.25. The Morgan fingerprint density at radius 3 is 1.76 bits per heavy atom. The van der Waals surface area contributed by atoms with Crippen LogP contribution in [0.2, 0.25) is 0 Å². The third-order valence-electron chi connectivity index (χ3n) is 11.6. The summed E-state index contributed by atoms with van der Waals surface area (Å²) in [7, 11) is 0. The largest absolute Gasteiger partial charge is 0.308 e. The number of aromatic nitrogens is 3. The van der Waals surface area contributed by atoms with Crippen LogP contribution in [0.1, 0.15) is 5.56 Å². The molecule has 7 aromatic carbocycles. The van der Waals surface area contributed by atoms with Gasteiger partial charge in [-0.1, -0.05) is 115 Å². The van der Waals surface area contributed by atoms with Gasteiger partial charge in [0, 0.05) is 43.3 Å². The molecule has 13 rings (SSSR count). The Labute approximate surface area is 291 Å². The molecule has 0 saturated heterocycles. The molecule has 0 atom stereocenters. The zero-order valence-corrected chi connectivity index (χ0v) is 27.4. The van der Waals surface area contributed by atoms with Crippen molar-refractivity contribution in [3.63, 3.8) is 0 Å². The van der Waals surface area contributed by atoms with Crippen LogP contribution in [-0.2, 0) is 0 Å². The van der Waals surface area contributed by atoms with E-state index < -0.39 is 0 Å². The van der Waals surface area contributed by atoms with Gasteiger partial charge in [0.2, 0.25) is 0 Å². The molecule has 234 valence electrons. The Morgan fingerprint density at radius 1 is 0.353 bits per heavy atom. The first kappa shape index (κ1) is 26.1. The van der Waals surface area contributed by atoms with E-state index in [-0.39, 0.29) is 0 Å². The maximum Gasteiger partial charge on any atom is 0.0703 e. The number of benzene rings is 7. The molecular weight excluding hydrogens is 619 g/mol. The molecule has 0 saturated carbocycles. The van der Waals surface area contributed by atoms with E-state index in [2.05, 4.69) is 177 Å². The van der Waals surface area contributed by atoms with E-state index in [1.807, 2.05) is 0 Å². The van der Waals surface area contributed by atoms with Crippen LogP contribution < -0.4 is 0 Å². The fourth-order valence-electron chi connectivity index (χ4n) is 9.43. The van der Waals surface area contributed by atoms with Gasteiger partial charge in [-0.3, -0.25) is 0 Å². The number of hydrogen-bond donors (Lipinski definition) is 0. The molecule has 0 spiro atoms. The van der Waals surface area contributed by atoms with Crippen molar-refractivity contribution in [2.75, 3.05) is 0 Å². The van der Waals surface area contributed by atoms with E-state index in [1.54, 1.807) is 0 Å². The number of hydrogen-bond acceptors (Lipinski definition) is 0. The molecule has 2 aliphatic rings. The summed E-state index contributed by atoms with van der Waals surface area (Å²) in [6.45, 7) is 0. The molecule has 4 heterocycles. The average Bonchev–Trinajstić information content (AvgIpc) is 3.67. The number of fused-ring (bicyclic) bond motifs is 14. The van der Waals surface area contributed by atoms with Crippen molar-refractivity contribution < 1.29 is 0 Å². The normalized spacial score (nSPS) is 14.7. The molecule has 11 aromatic rings. The van der Waals surface area contributed by atoms with Gasteiger partial charge in [-0.2, -0.15) is 0 Å². The molecule has 51 heavy (non-hydrogen) atoms. The van der Waals surface area contributed by atoms with Crippen molar-refractivity contribution in [2.45, 2.75) is 0 Å². The summed E-state index contributed by atoms with van der Waals surface area (Å²) >= 11 is 0. The van der Waals surface area contributed by atoms with Gasteiger partial charge in [-0.05, 0) is 70.7 Å². The molecular formula is C48H27N3. The molecule has 0 aliphatic heterocycles. The zero-order chi connectivity index (χ0) is 32.9. The summed E-state index contributed by atoms with van der Waals surface area (Å²) < 4.78 is 7.62. The lowest BCUT2D eigenvalue weighted by Gasteiger charge is -2.17. The Morgan fingerprint density at radius 2 is 0.961 bits per heavy atom. The van der Waals surface area contributed by atoms with Crippen LogP contribution in [-0.4, -0.2) is 13.4 Å². The Balaban J connectivity index is 1.30. The highest BCUT2D eigenvalue weighted by atomic mass is 15.0. The summed E-state index contributed by atoms with van der Waals surface area (Å²) in [6, 6.07) is 51.7. The minimum Gasteiger partial charge on any atom is -0.308 e. The molecule has 3 nitrogen and oxygen atoms in total. The predicted molar refractivity (Wildman–Crippen MR) is 215 cm³/mol. The minimum absolute atomic E-state index is 1.19. The van der Waals surface area contributed by atoms with E-state index >= 15 is 0 Å². The molecule has 0 unspecified atom stereocenters. The first-order chi connectivity index (χ1) is 25.3. The minimum atomic E-state index is 1.19. The highest BCUT2D eigenvalue weighted by Gasteiger charge is 2.27. The van der Waals surface area contributed by atoms with Crippen LogP contribution >= 0.6 is 0 Å². The van der Waals surface area contributed by atoms with Gasteiger partial charge in [0.25, 0.3) is 0 Å². The van der Waals surface area contributed by atoms with Crippen LogP contribution in [0.3, 0.4) is 0 Å². The zero-order valence-electron chi connectivity index (χ0n) is 27.4. The first-order valence-electron chi connectivity index (χ1n) is 17.7. The van der Waals surface area contributed by atoms with Gasteiger partial charge in [0.15, 0.2) is 0 Å². The lowest BCUT2D eigenvalue weighted by Crippen LogP contribution is -2.00. The third kappa shape index (κ3) is 3.16. The Bertz CT molecular complexity index is 3500. The van der Waals surface area contributed by atoms with Crippen LogP contribution in [0.5, 0.6) is 0 Å². The lowest BCUT2D eigenvalue weighted by atomic mass is 10.0. The molecule has 0 fully saturated rings. The van der Waals surface area contributed by atoms with Crippen molar-refractivity contribution in [1.82, 2.24) is 13.4 Å². The second-order valence-corrected chi connectivity index (χ2v) is 14.1. The molecule has 2 aliphatic carbocycles. The van der Waals surface area contributed by atoms with Crippen LogP contribution in [0.25, 0.3) is 98.5 Å². The van der Waals surface area contributed by atoms with E-state index in [9.17, 15) is 0 Å². The fraction of sp³-hybridized carbons (Fsp3) is 0. The SMILES string of the molecule is C1=C2C=C2C=C(c2ccccc2)C(n2c3ccccc3c3ccc4c(c5ccc6ccc7c8ccccc8n8c9ccccc9n4c5c6c78)c32)=C1. The summed E-state index contributed by atoms with van der Waals surface area (Å²) in [6.07, 6.45) is 9.28. The summed E-state index contributed by atoms with van der Waals surface area (Å²) in [5, 5.41) is 10.2. The smallest absolute Gasteiger partial charge is 0.0703 e. The molecule has 4 aromatic heterocycles. The van der Waals surface area contributed by atoms with E-state index in [1.165, 1.54) is 115 Å². The highest BCUT2D eigenvalue weighted by Crippen LogP contribution is 2.48. The van der Waals surface area contributed by atoms with Crippen molar-refractivity contribution >= 4 is 98.5 Å². The van der Waals surface area contributed by atoms with E-state index in [4.69, 9.17) is 0 Å². The molecule has 3 heteroatoms. The maximum atomic E-state index is 2.56. The Kier molecular flexibility index (Phi) is 4.62. The first-order valence-corrected chi connectivity index (χ1v) is 17.7. The molecule has 0 bridgehead atoms. The molecule has 0 N–H and O–H groups in total. The second-order valence-electron chi connectivity index (χ2n) is 14.1. The van der Waals surface area contributed by atoms with Crippen molar-refractivity contribution in [3.8, 4) is 0 Å². The summed E-state index contributed by atoms with van der Waals surface area (Å²) in [5.41, 5.74) is 16.1. The highest BCUT2D eigenvalue weighted by molar-refractivity contribution is 6.34. The summed E-state index contributed by atoms with van der Waals surface area (Å²) in [4.78, 5) is 0. The second kappa shape index (κ2) is 9.03. The number of allylic oxidation sites excluding steroid dienone is 8. The molecule has 0 amide bonds. The van der Waals surface area contributed by atoms with E-state index in [0.717, 1.165) is 0 Å². The van der Waals surface area contributed by atoms with Gasteiger partial charge >= 0.3 is 0 Å². The maximum absolute atomic E-state index is 2.56. The van der Waals surface area contributed by atoms with Crippen LogP contribution in [0, 0.1) is 0 Å². The number of rotatable bonds is 2. The van der Waals surface area contributed by atoms with Crippen LogP contribution in [0.15, 0.2) is 175 Å². The van der Waals surface area contributed by atoms with E-state index in [0.29, 0.717) is 0 Å². The monoisotopic (exact) mass is 645 g/mol. The van der Waals surface area contributed by atoms with Gasteiger partial charge < -0.3 is 13.4 Å². The Hall–Kier alpha value is -6.84. The number of nitrogens with zero attached hydrogens (tertiary/aromatic N) is 3.